The van der Waals surface area contributed by atoms with Crippen molar-refractivity contribution in [2.75, 3.05) is 0 Å². The standard InChI is InChI=1S/C5H4N5/c1-2-7-9-4(1)5-6-3-8-10-5/h1-3H,(H,7,9). The number of aliphatic imine (C=N–C) groups is 1. The molecule has 1 aliphatic heterocycles. The zero-order valence-corrected chi connectivity index (χ0v) is 5.02. The number of hydrogen-bond acceptors (Lipinski definition) is 3. The Bertz CT molecular complexity index is 270. The van der Waals surface area contributed by atoms with Gasteiger partial charge in [-0.25, -0.2) is 4.99 Å². The minimum Gasteiger partial charge on any atom is -0.285 e. The van der Waals surface area contributed by atoms with Crippen molar-refractivity contribution in [2.24, 2.45) is 10.1 Å². The van der Waals surface area contributed by atoms with Gasteiger partial charge in [-0.05, 0) is 6.07 Å². The predicted octanol–water partition coefficient (Wildman–Crippen LogP) is -0.282. The molecule has 0 fully saturated rings. The van der Waals surface area contributed by atoms with Crippen LogP contribution in [0.2, 0.25) is 0 Å². The van der Waals surface area contributed by atoms with Gasteiger partial charge in [-0.1, -0.05) is 0 Å². The second kappa shape index (κ2) is 1.94. The molecule has 10 heavy (non-hydrogen) atoms. The van der Waals surface area contributed by atoms with Gasteiger partial charge in [-0.15, -0.1) is 10.5 Å². The van der Waals surface area contributed by atoms with Gasteiger partial charge in [0.15, 0.2) is 0 Å². The maximum absolute atomic E-state index is 3.87. The van der Waals surface area contributed by atoms with E-state index >= 15 is 0 Å². The molecule has 5 heteroatoms. The number of rotatable bonds is 1. The molecule has 2 heterocycles. The molecule has 0 amide bonds. The molecule has 0 saturated carbocycles. The number of H-pyrrole nitrogens is 1. The van der Waals surface area contributed by atoms with Crippen LogP contribution in [0.25, 0.3) is 0 Å². The Morgan fingerprint density at radius 3 is 3.00 bits per heavy atom. The Morgan fingerprint density at radius 2 is 2.40 bits per heavy atom. The summed E-state index contributed by atoms with van der Waals surface area (Å²) in [6.45, 7) is 0. The summed E-state index contributed by atoms with van der Waals surface area (Å²) in [4.78, 5) is 3.85. The van der Waals surface area contributed by atoms with Crippen LogP contribution >= 0.6 is 0 Å². The Kier molecular flexibility index (Phi) is 1.00. The molecule has 0 saturated heterocycles. The van der Waals surface area contributed by atoms with Crippen molar-refractivity contribution in [2.45, 2.75) is 0 Å². The molecule has 1 aromatic rings. The summed E-state index contributed by atoms with van der Waals surface area (Å²) in [6, 6.07) is 1.79. The van der Waals surface area contributed by atoms with Crippen LogP contribution in [0.1, 0.15) is 5.69 Å². The number of nitrogens with one attached hydrogen (secondary N) is 1. The number of nitrogens with zero attached hydrogens (tertiary/aromatic N) is 4. The predicted molar refractivity (Wildman–Crippen MR) is 35.8 cm³/mol. The molecular formula is C5H4N5. The van der Waals surface area contributed by atoms with Crippen LogP contribution in [0.3, 0.4) is 0 Å². The van der Waals surface area contributed by atoms with Crippen molar-refractivity contribution in [1.82, 2.24) is 15.6 Å². The zero-order valence-electron chi connectivity index (χ0n) is 5.02. The summed E-state index contributed by atoms with van der Waals surface area (Å²) >= 11 is 0. The molecule has 0 unspecified atom stereocenters. The summed E-state index contributed by atoms with van der Waals surface area (Å²) in [5, 5.41) is 10.1. The van der Waals surface area contributed by atoms with Gasteiger partial charge >= 0.3 is 0 Å². The molecule has 0 bridgehead atoms. The summed E-state index contributed by atoms with van der Waals surface area (Å²) in [5.41, 5.74) is 4.44. The van der Waals surface area contributed by atoms with Crippen LogP contribution in [-0.4, -0.2) is 22.4 Å². The van der Waals surface area contributed by atoms with Gasteiger partial charge in [0.1, 0.15) is 12.0 Å². The second-order valence-electron chi connectivity index (χ2n) is 1.74. The Hall–Kier alpha value is -1.65. The number of aromatic nitrogens is 2. The maximum atomic E-state index is 3.87. The van der Waals surface area contributed by atoms with Gasteiger partial charge in [-0.2, -0.15) is 5.10 Å². The third kappa shape index (κ3) is 0.680. The topological polar surface area (TPSA) is 67.5 Å². The molecule has 1 aromatic heterocycles. The van der Waals surface area contributed by atoms with Gasteiger partial charge < -0.3 is 0 Å². The van der Waals surface area contributed by atoms with Crippen molar-refractivity contribution in [3.05, 3.63) is 18.0 Å². The Labute approximate surface area is 56.9 Å². The van der Waals surface area contributed by atoms with E-state index < -0.39 is 0 Å². The maximum Gasteiger partial charge on any atom is 0.203 e. The van der Waals surface area contributed by atoms with Gasteiger partial charge in [0, 0.05) is 6.20 Å². The number of amidine groups is 1. The van der Waals surface area contributed by atoms with E-state index in [1.807, 2.05) is 0 Å². The van der Waals surface area contributed by atoms with E-state index in [0.29, 0.717) is 5.84 Å². The molecule has 0 spiro atoms. The first-order chi connectivity index (χ1) is 4.97. The molecule has 0 aromatic carbocycles. The second-order valence-corrected chi connectivity index (χ2v) is 1.74. The smallest absolute Gasteiger partial charge is 0.203 e. The van der Waals surface area contributed by atoms with Crippen molar-refractivity contribution in [1.29, 1.82) is 0 Å². The SMILES string of the molecule is C1=N[N]C(c2cc[nH]n2)=N1. The first kappa shape index (κ1) is 5.16. The lowest BCUT2D eigenvalue weighted by atomic mass is 10.4. The fourth-order valence-corrected chi connectivity index (χ4v) is 0.689. The van der Waals surface area contributed by atoms with E-state index in [4.69, 9.17) is 0 Å². The van der Waals surface area contributed by atoms with Gasteiger partial charge in [-0.3, -0.25) is 5.10 Å². The van der Waals surface area contributed by atoms with Crippen LogP contribution in [0.15, 0.2) is 22.4 Å². The van der Waals surface area contributed by atoms with Crippen LogP contribution in [0, 0.1) is 0 Å². The van der Waals surface area contributed by atoms with Crippen molar-refractivity contribution in [3.63, 3.8) is 0 Å². The fourth-order valence-electron chi connectivity index (χ4n) is 0.689. The van der Waals surface area contributed by atoms with E-state index in [9.17, 15) is 0 Å². The van der Waals surface area contributed by atoms with Crippen molar-refractivity contribution in [3.8, 4) is 0 Å². The lowest BCUT2D eigenvalue weighted by molar-refractivity contribution is 1.01. The number of aromatic amines is 1. The Balaban J connectivity index is 2.30. The summed E-state index contributed by atoms with van der Waals surface area (Å²) in [6.07, 6.45) is 3.11. The van der Waals surface area contributed by atoms with Gasteiger partial charge in [0.05, 0.1) is 0 Å². The molecule has 0 aliphatic carbocycles. The number of hydrogen-bond donors (Lipinski definition) is 1. The lowest BCUT2D eigenvalue weighted by Gasteiger charge is -1.87. The highest BCUT2D eigenvalue weighted by atomic mass is 15.4. The third-order valence-corrected chi connectivity index (χ3v) is 1.11. The first-order valence-corrected chi connectivity index (χ1v) is 2.77. The van der Waals surface area contributed by atoms with Gasteiger partial charge in [0.2, 0.25) is 5.84 Å². The monoisotopic (exact) mass is 134 g/mol. The zero-order chi connectivity index (χ0) is 6.81. The highest BCUT2D eigenvalue weighted by Gasteiger charge is 2.08. The van der Waals surface area contributed by atoms with E-state index in [1.54, 1.807) is 12.3 Å². The molecule has 5 nitrogen and oxygen atoms in total. The minimum atomic E-state index is 0.557. The molecule has 1 aliphatic rings. The highest BCUT2D eigenvalue weighted by molar-refractivity contribution is 6.02. The minimum absolute atomic E-state index is 0.557. The lowest BCUT2D eigenvalue weighted by Crippen LogP contribution is -2.07. The van der Waals surface area contributed by atoms with Gasteiger partial charge in [0.25, 0.3) is 0 Å². The van der Waals surface area contributed by atoms with E-state index in [-0.39, 0.29) is 0 Å². The van der Waals surface area contributed by atoms with Crippen molar-refractivity contribution >= 4 is 12.2 Å². The van der Waals surface area contributed by atoms with Crippen LogP contribution in [-0.2, 0) is 0 Å². The van der Waals surface area contributed by atoms with E-state index in [2.05, 4.69) is 25.7 Å². The quantitative estimate of drug-likeness (QED) is 0.563. The third-order valence-electron chi connectivity index (χ3n) is 1.11. The Morgan fingerprint density at radius 1 is 1.40 bits per heavy atom. The average Bonchev–Trinajstić information content (AvgIpc) is 2.59. The van der Waals surface area contributed by atoms with Crippen LogP contribution < -0.4 is 5.43 Å². The molecule has 1 radical (unpaired) electrons. The normalized spacial score (nSPS) is 15.0. The molecule has 49 valence electrons. The highest BCUT2D eigenvalue weighted by Crippen LogP contribution is 1.96. The van der Waals surface area contributed by atoms with E-state index in [1.165, 1.54) is 6.34 Å². The summed E-state index contributed by atoms with van der Waals surface area (Å²) < 4.78 is 0. The average molecular weight is 134 g/mol. The van der Waals surface area contributed by atoms with Crippen LogP contribution in [0.5, 0.6) is 0 Å². The first-order valence-electron chi connectivity index (χ1n) is 2.77. The van der Waals surface area contributed by atoms with Crippen molar-refractivity contribution < 1.29 is 0 Å². The molecule has 0 atom stereocenters. The molecule has 2 rings (SSSR count). The molecular weight excluding hydrogens is 130 g/mol. The van der Waals surface area contributed by atoms with E-state index in [0.717, 1.165) is 5.69 Å². The fraction of sp³-hybridized carbons (Fsp3) is 0. The largest absolute Gasteiger partial charge is 0.285 e. The summed E-state index contributed by atoms with van der Waals surface area (Å²) in [5.74, 6) is 0.557. The summed E-state index contributed by atoms with van der Waals surface area (Å²) in [7, 11) is 0. The van der Waals surface area contributed by atoms with Crippen LogP contribution in [0.4, 0.5) is 0 Å². The molecule has 1 N–H and O–H groups in total.